The third-order valence-electron chi connectivity index (χ3n) is 5.94. The quantitative estimate of drug-likeness (QED) is 0.544. The van der Waals surface area contributed by atoms with Crippen molar-refractivity contribution in [2.75, 3.05) is 13.7 Å². The number of ketones is 1. The van der Waals surface area contributed by atoms with Gasteiger partial charge in [-0.25, -0.2) is 0 Å². The normalized spacial score (nSPS) is 17.8. The SMILES string of the molecule is COc1ccc(C(=O)N[C@H](C(=O)N2CCC[C@H]2C(=O)N[C@@H](C(=O)C(F)(F)F)C(C)C)C(C)C)cc1. The lowest BCUT2D eigenvalue weighted by Crippen LogP contribution is -2.58. The molecule has 3 amide bonds. The molecular formula is C24H32F3N3O5. The Morgan fingerprint density at radius 2 is 1.54 bits per heavy atom. The molecule has 8 nitrogen and oxygen atoms in total. The number of halogens is 3. The molecule has 0 unspecified atom stereocenters. The van der Waals surface area contributed by atoms with Crippen molar-refractivity contribution in [2.24, 2.45) is 11.8 Å². The summed E-state index contributed by atoms with van der Waals surface area (Å²) in [6, 6.07) is 2.55. The number of rotatable bonds is 9. The van der Waals surface area contributed by atoms with Gasteiger partial charge in [0.25, 0.3) is 11.7 Å². The summed E-state index contributed by atoms with van der Waals surface area (Å²) < 4.78 is 44.0. The lowest BCUT2D eigenvalue weighted by Gasteiger charge is -2.32. The average molecular weight is 500 g/mol. The lowest BCUT2D eigenvalue weighted by molar-refractivity contribution is -0.175. The number of hydrogen-bond acceptors (Lipinski definition) is 5. The number of alkyl halides is 3. The molecule has 1 aromatic rings. The molecule has 1 heterocycles. The molecule has 0 aromatic heterocycles. The summed E-state index contributed by atoms with van der Waals surface area (Å²) >= 11 is 0. The first-order valence-electron chi connectivity index (χ1n) is 11.4. The van der Waals surface area contributed by atoms with Crippen molar-refractivity contribution in [3.05, 3.63) is 29.8 Å². The maximum Gasteiger partial charge on any atom is 0.452 e. The number of carbonyl (C=O) groups is 4. The van der Waals surface area contributed by atoms with Gasteiger partial charge < -0.3 is 20.3 Å². The molecule has 1 aliphatic rings. The first-order valence-corrected chi connectivity index (χ1v) is 11.4. The van der Waals surface area contributed by atoms with E-state index in [1.807, 2.05) is 0 Å². The van der Waals surface area contributed by atoms with Crippen LogP contribution < -0.4 is 15.4 Å². The van der Waals surface area contributed by atoms with Gasteiger partial charge in [-0.2, -0.15) is 13.2 Å². The van der Waals surface area contributed by atoms with E-state index in [0.29, 0.717) is 17.7 Å². The Kier molecular flexibility index (Phi) is 9.28. The molecule has 2 rings (SSSR count). The molecular weight excluding hydrogens is 467 g/mol. The van der Waals surface area contributed by atoms with Crippen LogP contribution in [0, 0.1) is 11.8 Å². The molecule has 1 aromatic carbocycles. The Balaban J connectivity index is 2.17. The predicted octanol–water partition coefficient (Wildman–Crippen LogP) is 2.71. The largest absolute Gasteiger partial charge is 0.497 e. The Bertz CT molecular complexity index is 931. The highest BCUT2D eigenvalue weighted by atomic mass is 19.4. The highest BCUT2D eigenvalue weighted by Crippen LogP contribution is 2.24. The second-order valence-electron chi connectivity index (χ2n) is 9.21. The average Bonchev–Trinajstić information content (AvgIpc) is 3.29. The van der Waals surface area contributed by atoms with Crippen LogP contribution in [0.4, 0.5) is 13.2 Å². The van der Waals surface area contributed by atoms with Crippen LogP contribution in [0.5, 0.6) is 5.75 Å². The van der Waals surface area contributed by atoms with Crippen LogP contribution >= 0.6 is 0 Å². The summed E-state index contributed by atoms with van der Waals surface area (Å²) in [5.74, 6) is -4.43. The van der Waals surface area contributed by atoms with Crippen molar-refractivity contribution in [3.63, 3.8) is 0 Å². The van der Waals surface area contributed by atoms with Crippen LogP contribution in [0.3, 0.4) is 0 Å². The number of hydrogen-bond donors (Lipinski definition) is 2. The number of nitrogens with one attached hydrogen (secondary N) is 2. The molecule has 1 aliphatic heterocycles. The maximum absolute atomic E-state index is 13.3. The second kappa shape index (κ2) is 11.5. The van der Waals surface area contributed by atoms with E-state index in [-0.39, 0.29) is 18.9 Å². The monoisotopic (exact) mass is 499 g/mol. The smallest absolute Gasteiger partial charge is 0.452 e. The van der Waals surface area contributed by atoms with Crippen LogP contribution in [-0.4, -0.2) is 66.4 Å². The minimum absolute atomic E-state index is 0.206. The minimum atomic E-state index is -5.10. The van der Waals surface area contributed by atoms with E-state index in [2.05, 4.69) is 10.6 Å². The highest BCUT2D eigenvalue weighted by molar-refractivity contribution is 5.99. The van der Waals surface area contributed by atoms with E-state index in [1.165, 1.54) is 25.9 Å². The fourth-order valence-corrected chi connectivity index (χ4v) is 3.92. The molecule has 1 saturated heterocycles. The standard InChI is InChI=1S/C24H32F3N3O5/c1-13(2)18(20(31)24(25,26)27)28-22(33)17-7-6-12-30(17)23(34)19(14(3)4)29-21(32)15-8-10-16(35-5)11-9-15/h8-11,13-14,17-19H,6-7,12H2,1-5H3,(H,28,33)(H,29,32)/t17-,18+,19-/m0/s1. The van der Waals surface area contributed by atoms with Gasteiger partial charge >= 0.3 is 6.18 Å². The minimum Gasteiger partial charge on any atom is -0.497 e. The molecule has 0 aliphatic carbocycles. The first-order chi connectivity index (χ1) is 16.3. The van der Waals surface area contributed by atoms with Crippen molar-refractivity contribution in [1.29, 1.82) is 0 Å². The molecule has 0 radical (unpaired) electrons. The number of methoxy groups -OCH3 is 1. The second-order valence-corrected chi connectivity index (χ2v) is 9.21. The third kappa shape index (κ3) is 6.95. The van der Waals surface area contributed by atoms with E-state index in [4.69, 9.17) is 4.74 Å². The summed E-state index contributed by atoms with van der Waals surface area (Å²) in [5, 5.41) is 4.89. The van der Waals surface area contributed by atoms with Gasteiger partial charge in [-0.15, -0.1) is 0 Å². The number of ether oxygens (including phenoxy) is 1. The van der Waals surface area contributed by atoms with Crippen LogP contribution in [0.15, 0.2) is 24.3 Å². The van der Waals surface area contributed by atoms with Gasteiger partial charge in [0, 0.05) is 12.1 Å². The fourth-order valence-electron chi connectivity index (χ4n) is 3.92. The van der Waals surface area contributed by atoms with E-state index in [1.54, 1.807) is 38.1 Å². The van der Waals surface area contributed by atoms with E-state index < -0.39 is 53.7 Å². The van der Waals surface area contributed by atoms with Crippen LogP contribution in [-0.2, 0) is 14.4 Å². The number of nitrogens with zero attached hydrogens (tertiary/aromatic N) is 1. The van der Waals surface area contributed by atoms with Gasteiger partial charge in [-0.1, -0.05) is 27.7 Å². The van der Waals surface area contributed by atoms with Gasteiger partial charge in [0.05, 0.1) is 13.2 Å². The zero-order chi connectivity index (χ0) is 26.5. The molecule has 194 valence electrons. The summed E-state index contributed by atoms with van der Waals surface area (Å²) in [7, 11) is 1.49. The highest BCUT2D eigenvalue weighted by Gasteiger charge is 2.46. The van der Waals surface area contributed by atoms with Crippen molar-refractivity contribution in [3.8, 4) is 5.75 Å². The van der Waals surface area contributed by atoms with Gasteiger partial charge in [0.1, 0.15) is 17.8 Å². The topological polar surface area (TPSA) is 105 Å². The van der Waals surface area contributed by atoms with Crippen LogP contribution in [0.1, 0.15) is 50.9 Å². The molecule has 11 heteroatoms. The Morgan fingerprint density at radius 1 is 0.971 bits per heavy atom. The molecule has 1 fully saturated rings. The molecule has 0 bridgehead atoms. The van der Waals surface area contributed by atoms with Gasteiger partial charge in [0.15, 0.2) is 0 Å². The molecule has 2 N–H and O–H groups in total. The van der Waals surface area contributed by atoms with E-state index in [0.717, 1.165) is 0 Å². The van der Waals surface area contributed by atoms with Gasteiger partial charge in [-0.05, 0) is 48.9 Å². The molecule has 0 spiro atoms. The molecule has 3 atom stereocenters. The molecule has 0 saturated carbocycles. The first kappa shape index (κ1) is 28.1. The number of carbonyl (C=O) groups excluding carboxylic acids is 4. The number of Topliss-reactive ketones (excluding diaryl/α,β-unsaturated/α-hetero) is 1. The Labute approximate surface area is 202 Å². The maximum atomic E-state index is 13.3. The number of amides is 3. The summed E-state index contributed by atoms with van der Waals surface area (Å²) in [5.41, 5.74) is 0.311. The van der Waals surface area contributed by atoms with Crippen molar-refractivity contribution < 1.29 is 37.1 Å². The Hall–Kier alpha value is -3.11. The Morgan fingerprint density at radius 3 is 2.03 bits per heavy atom. The number of benzene rings is 1. The van der Waals surface area contributed by atoms with Gasteiger partial charge in [0.2, 0.25) is 11.8 Å². The summed E-state index contributed by atoms with van der Waals surface area (Å²) in [6.07, 6.45) is -4.40. The van der Waals surface area contributed by atoms with E-state index in [9.17, 15) is 32.3 Å². The summed E-state index contributed by atoms with van der Waals surface area (Å²) in [6.45, 7) is 6.47. The molecule has 35 heavy (non-hydrogen) atoms. The fraction of sp³-hybridized carbons (Fsp3) is 0.583. The van der Waals surface area contributed by atoms with E-state index >= 15 is 0 Å². The summed E-state index contributed by atoms with van der Waals surface area (Å²) in [4.78, 5) is 52.0. The zero-order valence-corrected chi connectivity index (χ0v) is 20.4. The van der Waals surface area contributed by atoms with Crippen molar-refractivity contribution >= 4 is 23.5 Å². The third-order valence-corrected chi connectivity index (χ3v) is 5.94. The van der Waals surface area contributed by atoms with Crippen molar-refractivity contribution in [1.82, 2.24) is 15.5 Å². The predicted molar refractivity (Wildman–Crippen MR) is 122 cm³/mol. The lowest BCUT2D eigenvalue weighted by atomic mass is 9.98. The van der Waals surface area contributed by atoms with Gasteiger partial charge in [-0.3, -0.25) is 19.2 Å². The zero-order valence-electron chi connectivity index (χ0n) is 20.4. The number of likely N-dealkylation sites (tertiary alicyclic amines) is 1. The van der Waals surface area contributed by atoms with Crippen LogP contribution in [0.2, 0.25) is 0 Å². The van der Waals surface area contributed by atoms with Crippen LogP contribution in [0.25, 0.3) is 0 Å². The van der Waals surface area contributed by atoms with Crippen molar-refractivity contribution in [2.45, 2.75) is 64.8 Å².